The van der Waals surface area contributed by atoms with E-state index in [1.54, 1.807) is 0 Å². The average molecular weight is 285 g/mol. The number of hydrogen-bond acceptors (Lipinski definition) is 2. The van der Waals surface area contributed by atoms with Crippen molar-refractivity contribution in [2.75, 3.05) is 13.6 Å². The first-order valence-corrected chi connectivity index (χ1v) is 7.89. The van der Waals surface area contributed by atoms with Crippen LogP contribution >= 0.6 is 0 Å². The zero-order valence-electron chi connectivity index (χ0n) is 14.0. The Hall–Kier alpha value is -1.32. The number of benzene rings is 1. The van der Waals surface area contributed by atoms with Gasteiger partial charge in [0, 0.05) is 42.8 Å². The summed E-state index contributed by atoms with van der Waals surface area (Å²) in [6.45, 7) is 10.1. The lowest BCUT2D eigenvalue weighted by molar-refractivity contribution is 0.136. The Bertz CT molecular complexity index is 661. The highest BCUT2D eigenvalue weighted by Gasteiger charge is 2.28. The van der Waals surface area contributed by atoms with Crippen LogP contribution in [-0.2, 0) is 26.6 Å². The van der Waals surface area contributed by atoms with Crippen molar-refractivity contribution >= 4 is 10.9 Å². The van der Waals surface area contributed by atoms with E-state index >= 15 is 0 Å². The summed E-state index contributed by atoms with van der Waals surface area (Å²) in [7, 11) is 4.18. The van der Waals surface area contributed by atoms with Gasteiger partial charge in [0.25, 0.3) is 0 Å². The molecule has 3 rings (SSSR count). The monoisotopic (exact) mass is 285 g/mol. The molecule has 114 valence electrons. The summed E-state index contributed by atoms with van der Waals surface area (Å²) in [6.07, 6.45) is 3.38. The molecule has 0 radical (unpaired) electrons. The van der Waals surface area contributed by atoms with Crippen molar-refractivity contribution in [1.29, 1.82) is 0 Å². The van der Waals surface area contributed by atoms with Crippen molar-refractivity contribution in [1.82, 2.24) is 14.8 Å². The largest absolute Gasteiger partial charge is 0.350 e. The molecule has 0 amide bonds. The number of nitrogens with zero attached hydrogens (tertiary/aromatic N) is 2. The van der Waals surface area contributed by atoms with Gasteiger partial charge in [0.15, 0.2) is 0 Å². The number of nitrogens with one attached hydrogen (secondary N) is 1. The molecule has 0 atom stereocenters. The molecule has 0 aliphatic carbocycles. The highest BCUT2D eigenvalue weighted by atomic mass is 15.2. The fraction of sp³-hybridized carbons (Fsp3) is 0.556. The molecule has 0 spiro atoms. The van der Waals surface area contributed by atoms with E-state index in [-0.39, 0.29) is 5.54 Å². The molecule has 0 saturated carbocycles. The van der Waals surface area contributed by atoms with Crippen molar-refractivity contribution in [3.05, 3.63) is 35.0 Å². The van der Waals surface area contributed by atoms with Crippen LogP contribution in [0.15, 0.2) is 18.3 Å². The zero-order chi connectivity index (χ0) is 15.2. The SMILES string of the molecule is CNCCc1cn(C)c2cc3c(cc12)CN(C(C)(C)C)C3. The van der Waals surface area contributed by atoms with Crippen LogP contribution in [0.4, 0.5) is 0 Å². The Labute approximate surface area is 127 Å². The third-order valence-electron chi connectivity index (χ3n) is 4.71. The molecule has 2 heterocycles. The minimum Gasteiger partial charge on any atom is -0.350 e. The highest BCUT2D eigenvalue weighted by Crippen LogP contribution is 2.33. The molecule has 0 saturated heterocycles. The van der Waals surface area contributed by atoms with Gasteiger partial charge < -0.3 is 9.88 Å². The number of fused-ring (bicyclic) bond motifs is 2. The quantitative estimate of drug-likeness (QED) is 0.935. The molecule has 0 bridgehead atoms. The molecule has 3 nitrogen and oxygen atoms in total. The summed E-state index contributed by atoms with van der Waals surface area (Å²) in [5.74, 6) is 0. The predicted octanol–water partition coefficient (Wildman–Crippen LogP) is 3.05. The predicted molar refractivity (Wildman–Crippen MR) is 89.5 cm³/mol. The average Bonchev–Trinajstić information content (AvgIpc) is 2.96. The van der Waals surface area contributed by atoms with Gasteiger partial charge in [-0.05, 0) is 69.6 Å². The van der Waals surface area contributed by atoms with Crippen molar-refractivity contribution in [2.45, 2.75) is 45.8 Å². The summed E-state index contributed by atoms with van der Waals surface area (Å²) >= 11 is 0. The van der Waals surface area contributed by atoms with Gasteiger partial charge in [-0.2, -0.15) is 0 Å². The topological polar surface area (TPSA) is 20.2 Å². The number of likely N-dealkylation sites (N-methyl/N-ethyl adjacent to an activating group) is 1. The number of aromatic nitrogens is 1. The van der Waals surface area contributed by atoms with E-state index in [1.807, 2.05) is 7.05 Å². The summed E-state index contributed by atoms with van der Waals surface area (Å²) in [5, 5.41) is 4.68. The summed E-state index contributed by atoms with van der Waals surface area (Å²) < 4.78 is 2.28. The molecule has 0 unspecified atom stereocenters. The molecule has 3 heteroatoms. The maximum absolute atomic E-state index is 3.25. The van der Waals surface area contributed by atoms with Crippen LogP contribution in [0.2, 0.25) is 0 Å². The Balaban J connectivity index is 2.00. The number of hydrogen-bond donors (Lipinski definition) is 1. The molecule has 21 heavy (non-hydrogen) atoms. The van der Waals surface area contributed by atoms with Gasteiger partial charge in [-0.15, -0.1) is 0 Å². The van der Waals surface area contributed by atoms with Gasteiger partial charge in [-0.25, -0.2) is 0 Å². The van der Waals surface area contributed by atoms with Crippen LogP contribution in [0.1, 0.15) is 37.5 Å². The van der Waals surface area contributed by atoms with Crippen LogP contribution in [0.3, 0.4) is 0 Å². The highest BCUT2D eigenvalue weighted by molar-refractivity contribution is 5.86. The van der Waals surface area contributed by atoms with Gasteiger partial charge in [0.2, 0.25) is 0 Å². The fourth-order valence-electron chi connectivity index (χ4n) is 3.29. The lowest BCUT2D eigenvalue weighted by Crippen LogP contribution is -2.36. The van der Waals surface area contributed by atoms with Gasteiger partial charge in [-0.1, -0.05) is 0 Å². The van der Waals surface area contributed by atoms with Crippen LogP contribution in [-0.4, -0.2) is 28.6 Å². The second-order valence-electron chi connectivity index (χ2n) is 7.28. The second kappa shape index (κ2) is 5.15. The molecule has 1 N–H and O–H groups in total. The number of aryl methyl sites for hydroxylation is 1. The molecular formula is C18H27N3. The van der Waals surface area contributed by atoms with E-state index in [0.717, 1.165) is 26.1 Å². The first kappa shape index (κ1) is 14.6. The lowest BCUT2D eigenvalue weighted by atomic mass is 10.0. The molecule has 1 aromatic heterocycles. The van der Waals surface area contributed by atoms with E-state index in [4.69, 9.17) is 0 Å². The standard InChI is InChI=1S/C18H27N3/c1-18(2,3)21-11-14-8-16-13(6-7-19-4)10-20(5)17(16)9-15(14)12-21/h8-10,19H,6-7,11-12H2,1-5H3. The molecule has 1 aliphatic rings. The van der Waals surface area contributed by atoms with Gasteiger partial charge >= 0.3 is 0 Å². The Morgan fingerprint density at radius 2 is 1.81 bits per heavy atom. The second-order valence-corrected chi connectivity index (χ2v) is 7.28. The Morgan fingerprint density at radius 3 is 2.43 bits per heavy atom. The molecular weight excluding hydrogens is 258 g/mol. The summed E-state index contributed by atoms with van der Waals surface area (Å²) in [5.41, 5.74) is 6.07. The van der Waals surface area contributed by atoms with Crippen LogP contribution in [0, 0.1) is 0 Å². The van der Waals surface area contributed by atoms with Crippen LogP contribution in [0.25, 0.3) is 10.9 Å². The van der Waals surface area contributed by atoms with Crippen LogP contribution in [0.5, 0.6) is 0 Å². The molecule has 0 fully saturated rings. The van der Waals surface area contributed by atoms with Crippen molar-refractivity contribution in [3.63, 3.8) is 0 Å². The Morgan fingerprint density at radius 1 is 1.14 bits per heavy atom. The van der Waals surface area contributed by atoms with Crippen molar-refractivity contribution in [2.24, 2.45) is 7.05 Å². The van der Waals surface area contributed by atoms with Crippen molar-refractivity contribution < 1.29 is 0 Å². The molecule has 2 aromatic rings. The summed E-state index contributed by atoms with van der Waals surface area (Å²) in [4.78, 5) is 2.56. The minimum atomic E-state index is 0.236. The fourth-order valence-corrected chi connectivity index (χ4v) is 3.29. The Kier molecular flexibility index (Phi) is 3.58. The third-order valence-corrected chi connectivity index (χ3v) is 4.71. The molecule has 1 aliphatic heterocycles. The smallest absolute Gasteiger partial charge is 0.0484 e. The zero-order valence-corrected chi connectivity index (χ0v) is 14.0. The van der Waals surface area contributed by atoms with E-state index in [0.29, 0.717) is 0 Å². The summed E-state index contributed by atoms with van der Waals surface area (Å²) in [6, 6.07) is 4.83. The molecule has 1 aromatic carbocycles. The normalized spacial score (nSPS) is 15.9. The maximum Gasteiger partial charge on any atom is 0.0484 e. The van der Waals surface area contributed by atoms with Gasteiger partial charge in [-0.3, -0.25) is 4.90 Å². The first-order chi connectivity index (χ1) is 9.90. The maximum atomic E-state index is 3.25. The van der Waals surface area contributed by atoms with E-state index in [2.05, 4.69) is 60.9 Å². The van der Waals surface area contributed by atoms with Crippen LogP contribution < -0.4 is 5.32 Å². The first-order valence-electron chi connectivity index (χ1n) is 7.89. The number of rotatable bonds is 3. The van der Waals surface area contributed by atoms with E-state index in [9.17, 15) is 0 Å². The minimum absolute atomic E-state index is 0.236. The van der Waals surface area contributed by atoms with Crippen molar-refractivity contribution in [3.8, 4) is 0 Å². The third kappa shape index (κ3) is 2.60. The van der Waals surface area contributed by atoms with E-state index < -0.39 is 0 Å². The van der Waals surface area contributed by atoms with Gasteiger partial charge in [0.1, 0.15) is 0 Å². The van der Waals surface area contributed by atoms with Gasteiger partial charge in [0.05, 0.1) is 0 Å². The lowest BCUT2D eigenvalue weighted by Gasteiger charge is -2.31. The van der Waals surface area contributed by atoms with E-state index in [1.165, 1.54) is 27.6 Å².